The maximum Gasteiger partial charge on any atom is 0.303 e. The number of carboxylic acid groups (broad SMARTS) is 1. The van der Waals surface area contributed by atoms with Crippen molar-refractivity contribution in [3.63, 3.8) is 0 Å². The summed E-state index contributed by atoms with van der Waals surface area (Å²) in [4.78, 5) is 25.6. The fourth-order valence-electron chi connectivity index (χ4n) is 3.06. The van der Waals surface area contributed by atoms with Gasteiger partial charge in [-0.1, -0.05) is 76.7 Å². The van der Waals surface area contributed by atoms with Gasteiger partial charge in [-0.2, -0.15) is 0 Å². The largest absolute Gasteiger partial charge is 0.488 e. The van der Waals surface area contributed by atoms with E-state index in [1.54, 1.807) is 4.90 Å². The molecule has 8 heteroatoms. The number of unbranched alkanes of at least 4 members (excludes halogenated alkanes) is 2. The van der Waals surface area contributed by atoms with E-state index in [-0.39, 0.29) is 12.3 Å². The van der Waals surface area contributed by atoms with Crippen LogP contribution in [0.2, 0.25) is 0 Å². The standard InChI is InChI=1S/C23H22BrNO4S2/c24-18-10-11-19(29-15-16-7-3-1-4-8-16)17(13-18)14-20-22(28)25(23(30)31-20)12-6-2-5-9-21(26)27/h1,3-4,7-8,10-11,13-14H,2,5-6,9,12,15H2,(H,26,27)/b20-14-. The molecule has 0 bridgehead atoms. The first-order valence-corrected chi connectivity index (χ1v) is 11.9. The van der Waals surface area contributed by atoms with Gasteiger partial charge in [-0.3, -0.25) is 14.5 Å². The lowest BCUT2D eigenvalue weighted by Crippen LogP contribution is -2.29. The first kappa shape index (κ1) is 23.5. The molecular formula is C23H22BrNO4S2. The third-order valence-corrected chi connectivity index (χ3v) is 6.51. The fourth-order valence-corrected chi connectivity index (χ4v) is 4.73. The smallest absolute Gasteiger partial charge is 0.303 e. The number of rotatable bonds is 10. The van der Waals surface area contributed by atoms with Crippen LogP contribution in [0.1, 0.15) is 36.8 Å². The zero-order chi connectivity index (χ0) is 22.2. The minimum Gasteiger partial charge on any atom is -0.488 e. The van der Waals surface area contributed by atoms with Gasteiger partial charge in [0.1, 0.15) is 16.7 Å². The second kappa shape index (κ2) is 11.5. The summed E-state index contributed by atoms with van der Waals surface area (Å²) < 4.78 is 7.42. The summed E-state index contributed by atoms with van der Waals surface area (Å²) in [7, 11) is 0. The lowest BCUT2D eigenvalue weighted by molar-refractivity contribution is -0.137. The van der Waals surface area contributed by atoms with Crippen LogP contribution < -0.4 is 4.74 Å². The number of thioether (sulfide) groups is 1. The first-order valence-electron chi connectivity index (χ1n) is 9.87. The molecule has 2 aromatic carbocycles. The molecule has 0 aromatic heterocycles. The molecule has 0 radical (unpaired) electrons. The number of halogens is 1. The van der Waals surface area contributed by atoms with Crippen molar-refractivity contribution in [1.82, 2.24) is 4.90 Å². The molecule has 5 nitrogen and oxygen atoms in total. The van der Waals surface area contributed by atoms with Crippen LogP contribution in [-0.2, 0) is 16.2 Å². The summed E-state index contributed by atoms with van der Waals surface area (Å²) >= 11 is 10.2. The van der Waals surface area contributed by atoms with Gasteiger partial charge in [0.15, 0.2) is 0 Å². The zero-order valence-electron chi connectivity index (χ0n) is 16.8. The third kappa shape index (κ3) is 6.92. The Hall–Kier alpha value is -2.16. The highest BCUT2D eigenvalue weighted by molar-refractivity contribution is 9.10. The molecule has 1 amide bonds. The van der Waals surface area contributed by atoms with Crippen molar-refractivity contribution < 1.29 is 19.4 Å². The maximum atomic E-state index is 12.9. The van der Waals surface area contributed by atoms with E-state index in [0.29, 0.717) is 34.5 Å². The summed E-state index contributed by atoms with van der Waals surface area (Å²) in [5.74, 6) is -0.235. The Bertz CT molecular complexity index is 994. The van der Waals surface area contributed by atoms with Crippen LogP contribution >= 0.6 is 39.9 Å². The van der Waals surface area contributed by atoms with E-state index in [4.69, 9.17) is 22.1 Å². The second-order valence-electron chi connectivity index (χ2n) is 6.99. The van der Waals surface area contributed by atoms with Crippen molar-refractivity contribution in [2.45, 2.75) is 32.3 Å². The molecule has 1 fully saturated rings. The molecule has 0 unspecified atom stereocenters. The van der Waals surface area contributed by atoms with Crippen LogP contribution in [0, 0.1) is 0 Å². The molecule has 1 aliphatic rings. The Balaban J connectivity index is 1.67. The van der Waals surface area contributed by atoms with Gasteiger partial charge in [0.05, 0.1) is 4.91 Å². The molecular weight excluding hydrogens is 498 g/mol. The lowest BCUT2D eigenvalue weighted by atomic mass is 10.1. The molecule has 0 saturated carbocycles. The van der Waals surface area contributed by atoms with Crippen LogP contribution in [0.25, 0.3) is 6.08 Å². The summed E-state index contributed by atoms with van der Waals surface area (Å²) in [6.45, 7) is 0.929. The van der Waals surface area contributed by atoms with Crippen LogP contribution in [0.15, 0.2) is 57.9 Å². The van der Waals surface area contributed by atoms with E-state index in [1.165, 1.54) is 11.8 Å². The summed E-state index contributed by atoms with van der Waals surface area (Å²) in [6, 6.07) is 15.6. The van der Waals surface area contributed by atoms with Gasteiger partial charge in [0.2, 0.25) is 0 Å². The molecule has 1 heterocycles. The number of ether oxygens (including phenoxy) is 1. The topological polar surface area (TPSA) is 66.8 Å². The monoisotopic (exact) mass is 519 g/mol. The number of hydrogen-bond acceptors (Lipinski definition) is 5. The highest BCUT2D eigenvalue weighted by Crippen LogP contribution is 2.35. The van der Waals surface area contributed by atoms with Gasteiger partial charge in [0.25, 0.3) is 5.91 Å². The molecule has 2 aromatic rings. The van der Waals surface area contributed by atoms with Crippen molar-refractivity contribution in [3.8, 4) is 5.75 Å². The number of aliphatic carboxylic acids is 1. The Morgan fingerprint density at radius 3 is 2.68 bits per heavy atom. The van der Waals surface area contributed by atoms with Gasteiger partial charge in [-0.25, -0.2) is 0 Å². The molecule has 1 N–H and O–H groups in total. The molecule has 1 saturated heterocycles. The van der Waals surface area contributed by atoms with Crippen molar-refractivity contribution in [2.75, 3.05) is 6.54 Å². The summed E-state index contributed by atoms with van der Waals surface area (Å²) in [5.41, 5.74) is 1.86. The zero-order valence-corrected chi connectivity index (χ0v) is 20.0. The SMILES string of the molecule is O=C(O)CCCCCN1C(=O)/C(=C/c2cc(Br)ccc2OCc2ccccc2)SC1=S. The fraction of sp³-hybridized carbons (Fsp3) is 0.261. The third-order valence-electron chi connectivity index (χ3n) is 4.64. The van der Waals surface area contributed by atoms with Gasteiger partial charge >= 0.3 is 5.97 Å². The number of hydrogen-bond donors (Lipinski definition) is 1. The van der Waals surface area contributed by atoms with Gasteiger partial charge < -0.3 is 9.84 Å². The van der Waals surface area contributed by atoms with Gasteiger partial charge in [-0.15, -0.1) is 0 Å². The second-order valence-corrected chi connectivity index (χ2v) is 9.59. The number of carboxylic acids is 1. The minimum atomic E-state index is -0.798. The summed E-state index contributed by atoms with van der Waals surface area (Å²) in [5, 5.41) is 8.72. The average molecular weight is 520 g/mol. The van der Waals surface area contributed by atoms with E-state index >= 15 is 0 Å². The van der Waals surface area contributed by atoms with Gasteiger partial charge in [-0.05, 0) is 42.7 Å². The lowest BCUT2D eigenvalue weighted by Gasteiger charge is -2.14. The maximum absolute atomic E-state index is 12.9. The number of thiocarbonyl (C=S) groups is 1. The number of carbonyl (C=O) groups excluding carboxylic acids is 1. The van der Waals surface area contributed by atoms with E-state index in [2.05, 4.69) is 15.9 Å². The Morgan fingerprint density at radius 2 is 1.94 bits per heavy atom. The molecule has 0 aliphatic carbocycles. The van der Waals surface area contributed by atoms with Crippen LogP contribution in [0.3, 0.4) is 0 Å². The average Bonchev–Trinajstić information content (AvgIpc) is 3.00. The van der Waals surface area contributed by atoms with Crippen molar-refractivity contribution in [1.29, 1.82) is 0 Å². The quantitative estimate of drug-likeness (QED) is 0.240. The molecule has 3 rings (SSSR count). The molecule has 0 spiro atoms. The van der Waals surface area contributed by atoms with Crippen molar-refractivity contribution in [2.24, 2.45) is 0 Å². The van der Waals surface area contributed by atoms with Crippen LogP contribution in [0.4, 0.5) is 0 Å². The van der Waals surface area contributed by atoms with E-state index < -0.39 is 5.97 Å². The predicted molar refractivity (Wildman–Crippen MR) is 131 cm³/mol. The Morgan fingerprint density at radius 1 is 1.16 bits per heavy atom. The minimum absolute atomic E-state index is 0.123. The van der Waals surface area contributed by atoms with Crippen molar-refractivity contribution >= 4 is 62.2 Å². The Labute approximate surface area is 199 Å². The van der Waals surface area contributed by atoms with Crippen LogP contribution in [0.5, 0.6) is 5.75 Å². The number of nitrogens with zero attached hydrogens (tertiary/aromatic N) is 1. The normalized spacial score (nSPS) is 15.0. The van der Waals surface area contributed by atoms with Crippen LogP contribution in [-0.4, -0.2) is 32.7 Å². The van der Waals surface area contributed by atoms with Crippen molar-refractivity contribution in [3.05, 3.63) is 69.0 Å². The highest BCUT2D eigenvalue weighted by Gasteiger charge is 2.31. The first-order chi connectivity index (χ1) is 14.9. The van der Waals surface area contributed by atoms with E-state index in [0.717, 1.165) is 28.4 Å². The van der Waals surface area contributed by atoms with E-state index in [1.807, 2.05) is 54.6 Å². The molecule has 0 atom stereocenters. The molecule has 31 heavy (non-hydrogen) atoms. The molecule has 1 aliphatic heterocycles. The summed E-state index contributed by atoms with van der Waals surface area (Å²) in [6.07, 6.45) is 4.02. The number of benzene rings is 2. The number of carbonyl (C=O) groups is 2. The Kier molecular flexibility index (Phi) is 8.69. The van der Waals surface area contributed by atoms with E-state index in [9.17, 15) is 9.59 Å². The predicted octanol–water partition coefficient (Wildman–Crippen LogP) is 5.87. The highest BCUT2D eigenvalue weighted by atomic mass is 79.9. The molecule has 162 valence electrons. The number of amides is 1. The van der Waals surface area contributed by atoms with Gasteiger partial charge in [0, 0.05) is 23.0 Å².